The summed E-state index contributed by atoms with van der Waals surface area (Å²) >= 11 is 0. The normalized spacial score (nSPS) is 28.0. The summed E-state index contributed by atoms with van der Waals surface area (Å²) in [5.74, 6) is 1.88. The van der Waals surface area contributed by atoms with Gasteiger partial charge in [-0.15, -0.1) is 0 Å². The number of hydrogen-bond donors (Lipinski definition) is 1. The summed E-state index contributed by atoms with van der Waals surface area (Å²) in [6, 6.07) is 0.820. The van der Waals surface area contributed by atoms with Crippen LogP contribution >= 0.6 is 0 Å². The van der Waals surface area contributed by atoms with Gasteiger partial charge in [-0.25, -0.2) is 0 Å². The largest absolute Gasteiger partial charge is 0.314 e. The van der Waals surface area contributed by atoms with Crippen molar-refractivity contribution in [2.45, 2.75) is 71.8 Å². The molecule has 1 aliphatic rings. The average molecular weight is 211 g/mol. The molecule has 0 saturated heterocycles. The summed E-state index contributed by atoms with van der Waals surface area (Å²) in [7, 11) is 0. The lowest BCUT2D eigenvalue weighted by atomic mass is 9.89. The number of rotatable bonds is 5. The fourth-order valence-electron chi connectivity index (χ4n) is 2.68. The lowest BCUT2D eigenvalue weighted by Crippen LogP contribution is -2.29. The zero-order valence-electron chi connectivity index (χ0n) is 10.9. The molecule has 1 nitrogen and oxygen atoms in total. The van der Waals surface area contributed by atoms with Crippen LogP contribution in [0.15, 0.2) is 0 Å². The molecule has 0 bridgehead atoms. The minimum absolute atomic E-state index is 0.820. The first-order chi connectivity index (χ1) is 7.24. The number of hydrogen-bond acceptors (Lipinski definition) is 1. The maximum atomic E-state index is 3.72. The molecule has 0 aromatic heterocycles. The SMILES string of the molecule is CCCCNC1CCCC(C(C)C)CC1. The Morgan fingerprint density at radius 2 is 1.93 bits per heavy atom. The van der Waals surface area contributed by atoms with E-state index in [0.29, 0.717) is 0 Å². The van der Waals surface area contributed by atoms with Gasteiger partial charge < -0.3 is 5.32 Å². The van der Waals surface area contributed by atoms with Crippen molar-refractivity contribution in [3.63, 3.8) is 0 Å². The van der Waals surface area contributed by atoms with Gasteiger partial charge >= 0.3 is 0 Å². The van der Waals surface area contributed by atoms with E-state index < -0.39 is 0 Å². The fourth-order valence-corrected chi connectivity index (χ4v) is 2.68. The summed E-state index contributed by atoms with van der Waals surface area (Å²) < 4.78 is 0. The number of nitrogens with one attached hydrogen (secondary N) is 1. The van der Waals surface area contributed by atoms with Gasteiger partial charge in [0.2, 0.25) is 0 Å². The lowest BCUT2D eigenvalue weighted by Gasteiger charge is -2.19. The molecule has 1 N–H and O–H groups in total. The quantitative estimate of drug-likeness (QED) is 0.536. The van der Waals surface area contributed by atoms with Gasteiger partial charge in [-0.1, -0.05) is 40.0 Å². The molecule has 0 heterocycles. The second-order valence-electron chi connectivity index (χ2n) is 5.52. The van der Waals surface area contributed by atoms with Crippen LogP contribution in [0.2, 0.25) is 0 Å². The van der Waals surface area contributed by atoms with Crippen LogP contribution in [0.3, 0.4) is 0 Å². The molecule has 1 heteroatoms. The Kier molecular flexibility index (Phi) is 6.31. The van der Waals surface area contributed by atoms with Gasteiger partial charge in [0.25, 0.3) is 0 Å². The predicted octanol–water partition coefficient (Wildman–Crippen LogP) is 3.98. The maximum Gasteiger partial charge on any atom is 0.00671 e. The van der Waals surface area contributed by atoms with Crippen LogP contribution in [0, 0.1) is 11.8 Å². The van der Waals surface area contributed by atoms with Gasteiger partial charge in [0.05, 0.1) is 0 Å². The van der Waals surface area contributed by atoms with E-state index in [1.807, 2.05) is 0 Å². The molecule has 1 aliphatic carbocycles. The zero-order chi connectivity index (χ0) is 11.1. The molecular weight excluding hydrogens is 182 g/mol. The molecule has 2 atom stereocenters. The van der Waals surface area contributed by atoms with E-state index in [1.54, 1.807) is 0 Å². The van der Waals surface area contributed by atoms with Crippen LogP contribution in [0.25, 0.3) is 0 Å². The third-order valence-electron chi connectivity index (χ3n) is 3.92. The molecule has 1 saturated carbocycles. The highest BCUT2D eigenvalue weighted by Gasteiger charge is 2.20. The smallest absolute Gasteiger partial charge is 0.00671 e. The van der Waals surface area contributed by atoms with Gasteiger partial charge in [-0.2, -0.15) is 0 Å². The minimum Gasteiger partial charge on any atom is -0.314 e. The van der Waals surface area contributed by atoms with Crippen LogP contribution in [0.1, 0.15) is 65.7 Å². The van der Waals surface area contributed by atoms with Gasteiger partial charge in [0, 0.05) is 6.04 Å². The van der Waals surface area contributed by atoms with Crippen LogP contribution < -0.4 is 5.32 Å². The highest BCUT2D eigenvalue weighted by Crippen LogP contribution is 2.28. The first-order valence-corrected chi connectivity index (χ1v) is 6.97. The number of unbranched alkanes of at least 4 members (excludes halogenated alkanes) is 1. The summed E-state index contributed by atoms with van der Waals surface area (Å²) in [5, 5.41) is 3.72. The van der Waals surface area contributed by atoms with Crippen LogP contribution in [0.4, 0.5) is 0 Å². The Morgan fingerprint density at radius 3 is 2.60 bits per heavy atom. The molecule has 2 unspecified atom stereocenters. The first kappa shape index (κ1) is 13.0. The van der Waals surface area contributed by atoms with E-state index in [1.165, 1.54) is 51.5 Å². The molecule has 0 amide bonds. The van der Waals surface area contributed by atoms with E-state index in [-0.39, 0.29) is 0 Å². The van der Waals surface area contributed by atoms with E-state index in [2.05, 4.69) is 26.1 Å². The van der Waals surface area contributed by atoms with Crippen molar-refractivity contribution < 1.29 is 0 Å². The van der Waals surface area contributed by atoms with Gasteiger partial charge in [-0.3, -0.25) is 0 Å². The van der Waals surface area contributed by atoms with Gasteiger partial charge in [-0.05, 0) is 44.1 Å². The first-order valence-electron chi connectivity index (χ1n) is 6.97. The van der Waals surface area contributed by atoms with E-state index in [0.717, 1.165) is 17.9 Å². The summed E-state index contributed by atoms with van der Waals surface area (Å²) in [5.41, 5.74) is 0. The van der Waals surface area contributed by atoms with Crippen molar-refractivity contribution in [3.8, 4) is 0 Å². The van der Waals surface area contributed by atoms with Crippen LogP contribution in [-0.2, 0) is 0 Å². The minimum atomic E-state index is 0.820. The van der Waals surface area contributed by atoms with Gasteiger partial charge in [0.15, 0.2) is 0 Å². The zero-order valence-corrected chi connectivity index (χ0v) is 10.9. The maximum absolute atomic E-state index is 3.72. The van der Waals surface area contributed by atoms with Crippen molar-refractivity contribution in [3.05, 3.63) is 0 Å². The summed E-state index contributed by atoms with van der Waals surface area (Å²) in [6.45, 7) is 8.27. The Morgan fingerprint density at radius 1 is 1.13 bits per heavy atom. The molecule has 0 aromatic carbocycles. The molecule has 15 heavy (non-hydrogen) atoms. The Bertz CT molecular complexity index is 153. The second-order valence-corrected chi connectivity index (χ2v) is 5.52. The molecule has 0 spiro atoms. The van der Waals surface area contributed by atoms with E-state index in [9.17, 15) is 0 Å². The third kappa shape index (κ3) is 5.01. The Hall–Kier alpha value is -0.0400. The Balaban J connectivity index is 2.20. The molecule has 1 rings (SSSR count). The standard InChI is InChI=1S/C14H29N/c1-4-5-11-15-14-8-6-7-13(9-10-14)12(2)3/h12-15H,4-11H2,1-3H3. The Labute approximate surface area is 96.0 Å². The van der Waals surface area contributed by atoms with Crippen LogP contribution in [0.5, 0.6) is 0 Å². The average Bonchev–Trinajstić information content (AvgIpc) is 2.44. The topological polar surface area (TPSA) is 12.0 Å². The van der Waals surface area contributed by atoms with Crippen molar-refractivity contribution >= 4 is 0 Å². The second kappa shape index (κ2) is 7.27. The third-order valence-corrected chi connectivity index (χ3v) is 3.92. The predicted molar refractivity (Wildman–Crippen MR) is 68.1 cm³/mol. The van der Waals surface area contributed by atoms with Crippen LogP contribution in [-0.4, -0.2) is 12.6 Å². The highest BCUT2D eigenvalue weighted by molar-refractivity contribution is 4.76. The molecular formula is C14H29N. The van der Waals surface area contributed by atoms with Gasteiger partial charge in [0.1, 0.15) is 0 Å². The lowest BCUT2D eigenvalue weighted by molar-refractivity contribution is 0.338. The van der Waals surface area contributed by atoms with E-state index >= 15 is 0 Å². The van der Waals surface area contributed by atoms with Crippen molar-refractivity contribution in [1.82, 2.24) is 5.32 Å². The monoisotopic (exact) mass is 211 g/mol. The molecule has 0 aromatic rings. The van der Waals surface area contributed by atoms with Crippen molar-refractivity contribution in [2.24, 2.45) is 11.8 Å². The molecule has 1 fully saturated rings. The summed E-state index contributed by atoms with van der Waals surface area (Å²) in [4.78, 5) is 0. The summed E-state index contributed by atoms with van der Waals surface area (Å²) in [6.07, 6.45) is 9.82. The van der Waals surface area contributed by atoms with Crippen molar-refractivity contribution in [1.29, 1.82) is 0 Å². The molecule has 90 valence electrons. The van der Waals surface area contributed by atoms with E-state index in [4.69, 9.17) is 0 Å². The van der Waals surface area contributed by atoms with Crippen molar-refractivity contribution in [2.75, 3.05) is 6.54 Å². The highest BCUT2D eigenvalue weighted by atomic mass is 14.9. The fraction of sp³-hybridized carbons (Fsp3) is 1.00. The molecule has 0 radical (unpaired) electrons. The molecule has 0 aliphatic heterocycles.